The summed E-state index contributed by atoms with van der Waals surface area (Å²) < 4.78 is 2.66. The number of pyridine rings is 1. The molecule has 0 spiro atoms. The van der Waals surface area contributed by atoms with E-state index in [4.69, 9.17) is 0 Å². The summed E-state index contributed by atoms with van der Waals surface area (Å²) >= 11 is 3.59. The van der Waals surface area contributed by atoms with Gasteiger partial charge in [0.2, 0.25) is 0 Å². The first-order valence-electron chi connectivity index (χ1n) is 8.10. The highest BCUT2D eigenvalue weighted by Crippen LogP contribution is 2.38. The predicted molar refractivity (Wildman–Crippen MR) is 105 cm³/mol. The Morgan fingerprint density at radius 3 is 2.35 bits per heavy atom. The van der Waals surface area contributed by atoms with Crippen LogP contribution in [0.1, 0.15) is 21.6 Å². The van der Waals surface area contributed by atoms with Gasteiger partial charge in [-0.1, -0.05) is 70.5 Å². The normalized spacial score (nSPS) is 10.6. The van der Waals surface area contributed by atoms with E-state index >= 15 is 0 Å². The molecule has 4 aromatic rings. The van der Waals surface area contributed by atoms with Crippen molar-refractivity contribution in [2.75, 3.05) is 0 Å². The van der Waals surface area contributed by atoms with E-state index in [1.165, 1.54) is 0 Å². The van der Waals surface area contributed by atoms with Crippen LogP contribution in [0.5, 0.6) is 0 Å². The average molecular weight is 401 g/mol. The van der Waals surface area contributed by atoms with Crippen molar-refractivity contribution in [3.63, 3.8) is 0 Å². The number of hydrogen-bond acceptors (Lipinski definition) is 2. The van der Waals surface area contributed by atoms with Gasteiger partial charge >= 0.3 is 0 Å². The number of nitrogens with zero attached hydrogens (tertiary/aromatic N) is 2. The quantitative estimate of drug-likeness (QED) is 0.427. The predicted octanol–water partition coefficient (Wildman–Crippen LogP) is 5.47. The molecule has 124 valence electrons. The lowest BCUT2D eigenvalue weighted by Crippen LogP contribution is -2.04. The van der Waals surface area contributed by atoms with Crippen LogP contribution in [0.15, 0.2) is 83.5 Å². The van der Waals surface area contributed by atoms with Crippen molar-refractivity contribution < 1.29 is 4.79 Å². The molecule has 0 aliphatic carbocycles. The molecule has 0 saturated carbocycles. The first-order valence-corrected chi connectivity index (χ1v) is 8.89. The van der Waals surface area contributed by atoms with E-state index in [-0.39, 0.29) is 5.78 Å². The molecule has 0 radical (unpaired) electrons. The van der Waals surface area contributed by atoms with Gasteiger partial charge in [-0.15, -0.1) is 0 Å². The Hall–Kier alpha value is -3.16. The minimum atomic E-state index is -0.156. The molecule has 2 heterocycles. The zero-order valence-electron chi connectivity index (χ0n) is 13.7. The van der Waals surface area contributed by atoms with Gasteiger partial charge in [-0.05, 0) is 23.8 Å². The highest BCUT2D eigenvalue weighted by atomic mass is 79.9. The monoisotopic (exact) mass is 400 g/mol. The van der Waals surface area contributed by atoms with E-state index in [0.29, 0.717) is 16.8 Å². The number of halogens is 1. The minimum Gasteiger partial charge on any atom is -0.307 e. The van der Waals surface area contributed by atoms with Gasteiger partial charge in [0.1, 0.15) is 11.8 Å². The fourth-order valence-electron chi connectivity index (χ4n) is 3.21. The van der Waals surface area contributed by atoms with Gasteiger partial charge in [-0.2, -0.15) is 5.26 Å². The smallest absolute Gasteiger partial charge is 0.196 e. The Kier molecular flexibility index (Phi) is 4.16. The molecular formula is C22H13BrN2O. The van der Waals surface area contributed by atoms with Crippen molar-refractivity contribution >= 4 is 27.2 Å². The molecule has 0 fully saturated rings. The molecule has 3 nitrogen and oxygen atoms in total. The number of hydrogen-bond donors (Lipinski definition) is 0. The summed E-state index contributed by atoms with van der Waals surface area (Å²) in [6.07, 6.45) is 1.82. The number of nitriles is 1. The van der Waals surface area contributed by atoms with Crippen molar-refractivity contribution in [3.8, 4) is 17.2 Å². The van der Waals surface area contributed by atoms with Gasteiger partial charge < -0.3 is 4.40 Å². The third kappa shape index (κ3) is 2.54. The lowest BCUT2D eigenvalue weighted by molar-refractivity contribution is 0.103. The molecule has 2 aromatic carbocycles. The van der Waals surface area contributed by atoms with E-state index in [1.54, 1.807) is 16.5 Å². The van der Waals surface area contributed by atoms with Crippen molar-refractivity contribution in [3.05, 3.63) is 100 Å². The molecule has 0 unspecified atom stereocenters. The molecule has 0 atom stereocenters. The van der Waals surface area contributed by atoms with Crippen LogP contribution in [-0.4, -0.2) is 10.2 Å². The second-order valence-corrected chi connectivity index (χ2v) is 6.70. The maximum absolute atomic E-state index is 13.3. The van der Waals surface area contributed by atoms with Gasteiger partial charge in [0.05, 0.1) is 11.1 Å². The number of carbonyl (C=O) groups excluding carboxylic acids is 1. The number of ketones is 1. The molecule has 0 bridgehead atoms. The molecule has 4 heteroatoms. The molecule has 0 N–H and O–H groups in total. The number of carbonyl (C=O) groups is 1. The first-order chi connectivity index (χ1) is 12.7. The molecule has 0 aliphatic heterocycles. The highest BCUT2D eigenvalue weighted by molar-refractivity contribution is 9.10. The van der Waals surface area contributed by atoms with E-state index in [0.717, 1.165) is 21.1 Å². The standard InChI is InChI=1S/C22H13BrN2O/c23-17-11-5-4-10-16(17)20-18-12-6-7-13-25(18)19(14-24)21(20)22(26)15-8-2-1-3-9-15/h1-13H. The molecule has 26 heavy (non-hydrogen) atoms. The van der Waals surface area contributed by atoms with Crippen LogP contribution in [-0.2, 0) is 0 Å². The zero-order chi connectivity index (χ0) is 18.1. The maximum Gasteiger partial charge on any atom is 0.196 e. The van der Waals surface area contributed by atoms with Gasteiger partial charge in [0, 0.05) is 21.8 Å². The van der Waals surface area contributed by atoms with Crippen LogP contribution in [0.2, 0.25) is 0 Å². The summed E-state index contributed by atoms with van der Waals surface area (Å²) in [5.41, 5.74) is 3.82. The largest absolute Gasteiger partial charge is 0.307 e. The van der Waals surface area contributed by atoms with E-state index in [2.05, 4.69) is 22.0 Å². The SMILES string of the molecule is N#Cc1c(C(=O)c2ccccc2)c(-c2ccccc2Br)c2ccccn12. The molecule has 2 aromatic heterocycles. The Morgan fingerprint density at radius 1 is 0.923 bits per heavy atom. The van der Waals surface area contributed by atoms with Crippen LogP contribution in [0, 0.1) is 11.3 Å². The third-order valence-corrected chi connectivity index (χ3v) is 5.05. The number of rotatable bonds is 3. The van der Waals surface area contributed by atoms with Gasteiger partial charge in [-0.3, -0.25) is 4.79 Å². The van der Waals surface area contributed by atoms with Crippen molar-refractivity contribution in [1.29, 1.82) is 5.26 Å². The Bertz CT molecular complexity index is 1170. The Morgan fingerprint density at radius 2 is 1.62 bits per heavy atom. The molecule has 0 amide bonds. The Balaban J connectivity index is 2.12. The summed E-state index contributed by atoms with van der Waals surface area (Å²) in [5, 5.41) is 9.81. The summed E-state index contributed by atoms with van der Waals surface area (Å²) in [6.45, 7) is 0. The molecular weight excluding hydrogens is 388 g/mol. The number of aromatic nitrogens is 1. The van der Waals surface area contributed by atoms with Crippen LogP contribution in [0.4, 0.5) is 0 Å². The van der Waals surface area contributed by atoms with Gasteiger partial charge in [0.15, 0.2) is 5.78 Å². The summed E-state index contributed by atoms with van der Waals surface area (Å²) in [6, 6.07) is 24.7. The topological polar surface area (TPSA) is 45.3 Å². The average Bonchev–Trinajstić information content (AvgIpc) is 3.02. The fourth-order valence-corrected chi connectivity index (χ4v) is 3.69. The van der Waals surface area contributed by atoms with Crippen molar-refractivity contribution in [1.82, 2.24) is 4.40 Å². The van der Waals surface area contributed by atoms with Crippen molar-refractivity contribution in [2.24, 2.45) is 0 Å². The zero-order valence-corrected chi connectivity index (χ0v) is 15.3. The third-order valence-electron chi connectivity index (χ3n) is 4.36. The van der Waals surface area contributed by atoms with Gasteiger partial charge in [-0.25, -0.2) is 0 Å². The first kappa shape index (κ1) is 16.3. The van der Waals surface area contributed by atoms with Crippen LogP contribution < -0.4 is 0 Å². The van der Waals surface area contributed by atoms with Crippen LogP contribution >= 0.6 is 15.9 Å². The lowest BCUT2D eigenvalue weighted by Gasteiger charge is -2.07. The number of fused-ring (bicyclic) bond motifs is 1. The molecule has 0 saturated heterocycles. The van der Waals surface area contributed by atoms with E-state index < -0.39 is 0 Å². The molecule has 0 aliphatic rings. The highest BCUT2D eigenvalue weighted by Gasteiger charge is 2.26. The summed E-state index contributed by atoms with van der Waals surface area (Å²) in [4.78, 5) is 13.3. The number of benzene rings is 2. The minimum absolute atomic E-state index is 0.156. The second kappa shape index (κ2) is 6.62. The Labute approximate surface area is 159 Å². The molecule has 4 rings (SSSR count). The van der Waals surface area contributed by atoms with Gasteiger partial charge in [0.25, 0.3) is 0 Å². The summed E-state index contributed by atoms with van der Waals surface area (Å²) in [7, 11) is 0. The lowest BCUT2D eigenvalue weighted by atomic mass is 9.95. The van der Waals surface area contributed by atoms with E-state index in [9.17, 15) is 10.1 Å². The summed E-state index contributed by atoms with van der Waals surface area (Å²) in [5.74, 6) is -0.156. The van der Waals surface area contributed by atoms with Crippen LogP contribution in [0.3, 0.4) is 0 Å². The fraction of sp³-hybridized carbons (Fsp3) is 0. The van der Waals surface area contributed by atoms with Crippen molar-refractivity contribution in [2.45, 2.75) is 0 Å². The van der Waals surface area contributed by atoms with Crippen LogP contribution in [0.25, 0.3) is 16.6 Å². The van der Waals surface area contributed by atoms with E-state index in [1.807, 2.05) is 66.9 Å². The maximum atomic E-state index is 13.3. The second-order valence-electron chi connectivity index (χ2n) is 5.84.